The van der Waals surface area contributed by atoms with Crippen molar-refractivity contribution in [2.45, 2.75) is 31.9 Å². The average molecular weight is 516 g/mol. The van der Waals surface area contributed by atoms with Crippen molar-refractivity contribution < 1.29 is 35.2 Å². The number of aromatic nitrogens is 5. The average Bonchev–Trinajstić information content (AvgIpc) is 3.37. The molecule has 0 bridgehead atoms. The first-order valence-electron chi connectivity index (χ1n) is 12.2. The molecule has 1 saturated heterocycles. The Morgan fingerprint density at radius 2 is 2.03 bits per heavy atom. The van der Waals surface area contributed by atoms with Crippen LogP contribution in [0.25, 0.3) is 27.7 Å². The van der Waals surface area contributed by atoms with Gasteiger partial charge in [0.25, 0.3) is 12.3 Å². The number of nitrogens with one attached hydrogen (secondary N) is 1. The van der Waals surface area contributed by atoms with Gasteiger partial charge in [-0.05, 0) is 31.7 Å². The zero-order valence-corrected chi connectivity index (χ0v) is 18.9. The fourth-order valence-corrected chi connectivity index (χ4v) is 4.53. The molecule has 5 rings (SSSR count). The number of rotatable bonds is 6. The molecule has 1 fully saturated rings. The van der Waals surface area contributed by atoms with E-state index in [9.17, 15) is 17.6 Å². The largest absolute Gasteiger partial charge is 0.479 e. The molecule has 8 nitrogen and oxygen atoms in total. The fraction of sp³-hybridized carbons (Fsp3) is 0.409. The molecule has 4 aromatic rings. The lowest BCUT2D eigenvalue weighted by Gasteiger charge is -2.19. The van der Waals surface area contributed by atoms with Crippen LogP contribution in [0, 0.1) is 18.6 Å². The van der Waals surface area contributed by atoms with Gasteiger partial charge in [-0.2, -0.15) is 4.98 Å². The van der Waals surface area contributed by atoms with Gasteiger partial charge in [0, 0.05) is 6.54 Å². The standard InChI is InChI=1S/C22H21F6N7O/c1-10-29-18-12(23)4-11(5-14(18)34(10)8-16(25)26)17-13(24)6-35-19(17)20(36-3)31-21(32-35)30-15-7-33(2)9-22(15,27)28/h4-6,15-16H,7-9H2,1-3H3,(H,30,32)/t15-/m1/s1/i3D3. The van der Waals surface area contributed by atoms with Gasteiger partial charge in [-0.25, -0.2) is 35.8 Å². The second-order valence-electron chi connectivity index (χ2n) is 8.63. The smallest absolute Gasteiger partial charge is 0.281 e. The predicted octanol–water partition coefficient (Wildman–Crippen LogP) is 3.97. The Bertz CT molecular complexity index is 1570. The first kappa shape index (κ1) is 20.6. The van der Waals surface area contributed by atoms with Crippen molar-refractivity contribution in [3.63, 3.8) is 0 Å². The van der Waals surface area contributed by atoms with Crippen LogP contribution in [0.3, 0.4) is 0 Å². The van der Waals surface area contributed by atoms with Crippen molar-refractivity contribution in [2.24, 2.45) is 0 Å². The van der Waals surface area contributed by atoms with Crippen molar-refractivity contribution in [3.05, 3.63) is 35.8 Å². The van der Waals surface area contributed by atoms with Gasteiger partial charge in [0.2, 0.25) is 11.8 Å². The minimum absolute atomic E-state index is 0.0494. The molecule has 0 spiro atoms. The molecular formula is C22H21F6N7O. The summed E-state index contributed by atoms with van der Waals surface area (Å²) < 4.78 is 115. The van der Waals surface area contributed by atoms with Crippen LogP contribution < -0.4 is 10.1 Å². The van der Waals surface area contributed by atoms with E-state index in [2.05, 4.69) is 20.4 Å². The van der Waals surface area contributed by atoms with E-state index in [1.54, 1.807) is 0 Å². The minimum atomic E-state index is -3.17. The molecular weight excluding hydrogens is 492 g/mol. The number of likely N-dealkylation sites (N-methyl/N-ethyl adjacent to an activating group) is 1. The summed E-state index contributed by atoms with van der Waals surface area (Å²) in [5, 5.41) is 6.45. The number of halogens is 6. The fourth-order valence-electron chi connectivity index (χ4n) is 4.53. The number of aryl methyl sites for hydroxylation is 1. The zero-order valence-electron chi connectivity index (χ0n) is 21.9. The number of methoxy groups -OCH3 is 1. The number of ether oxygens (including phenoxy) is 1. The Hall–Kier alpha value is -3.55. The van der Waals surface area contributed by atoms with E-state index >= 15 is 8.78 Å². The third kappa shape index (κ3) is 3.98. The van der Waals surface area contributed by atoms with Gasteiger partial charge < -0.3 is 14.6 Å². The van der Waals surface area contributed by atoms with Gasteiger partial charge in [0.15, 0.2) is 11.6 Å². The molecule has 1 aliphatic heterocycles. The van der Waals surface area contributed by atoms with Crippen molar-refractivity contribution in [1.82, 2.24) is 29.0 Å². The molecule has 0 radical (unpaired) electrons. The molecule has 1 atom stereocenters. The van der Waals surface area contributed by atoms with E-state index in [4.69, 9.17) is 8.85 Å². The molecule has 0 aliphatic carbocycles. The summed E-state index contributed by atoms with van der Waals surface area (Å²) in [6.45, 7) is -0.00741. The van der Waals surface area contributed by atoms with E-state index < -0.39 is 67.5 Å². The highest BCUT2D eigenvalue weighted by molar-refractivity contribution is 5.90. The number of alkyl halides is 4. The van der Waals surface area contributed by atoms with Crippen LogP contribution in [0.15, 0.2) is 18.3 Å². The number of hydrogen-bond donors (Lipinski definition) is 1. The monoisotopic (exact) mass is 516 g/mol. The molecule has 14 heteroatoms. The topological polar surface area (TPSA) is 72.5 Å². The first-order valence-corrected chi connectivity index (χ1v) is 10.7. The van der Waals surface area contributed by atoms with Crippen molar-refractivity contribution in [3.8, 4) is 17.0 Å². The summed E-state index contributed by atoms with van der Waals surface area (Å²) >= 11 is 0. The maximum Gasteiger partial charge on any atom is 0.281 e. The molecule has 0 saturated carbocycles. The summed E-state index contributed by atoms with van der Waals surface area (Å²) in [5.74, 6) is -6.18. The highest BCUT2D eigenvalue weighted by atomic mass is 19.3. The Morgan fingerprint density at radius 3 is 2.69 bits per heavy atom. The number of anilines is 1. The molecule has 1 aliphatic rings. The van der Waals surface area contributed by atoms with Crippen molar-refractivity contribution in [1.29, 1.82) is 0 Å². The number of imidazole rings is 1. The maximum atomic E-state index is 15.4. The van der Waals surface area contributed by atoms with E-state index in [1.807, 2.05) is 0 Å². The van der Waals surface area contributed by atoms with Crippen LogP contribution in [0.5, 0.6) is 5.88 Å². The molecule has 3 aromatic heterocycles. The molecule has 192 valence electrons. The highest BCUT2D eigenvalue weighted by Gasteiger charge is 2.47. The van der Waals surface area contributed by atoms with Gasteiger partial charge in [0.05, 0.1) is 41.5 Å². The number of nitrogens with zero attached hydrogens (tertiary/aromatic N) is 6. The molecule has 1 N–H and O–H groups in total. The molecule has 0 unspecified atom stereocenters. The highest BCUT2D eigenvalue weighted by Crippen LogP contribution is 2.37. The summed E-state index contributed by atoms with van der Waals surface area (Å²) in [6.07, 6.45) is -1.97. The zero-order chi connectivity index (χ0) is 28.4. The number of likely N-dealkylation sites (tertiary alicyclic amines) is 1. The number of fused-ring (bicyclic) bond motifs is 2. The second kappa shape index (κ2) is 8.54. The van der Waals surface area contributed by atoms with Crippen LogP contribution in [0.2, 0.25) is 0 Å². The predicted molar refractivity (Wildman–Crippen MR) is 119 cm³/mol. The molecule has 0 amide bonds. The van der Waals surface area contributed by atoms with Crippen LogP contribution in [-0.2, 0) is 6.54 Å². The van der Waals surface area contributed by atoms with Crippen molar-refractivity contribution >= 4 is 22.5 Å². The van der Waals surface area contributed by atoms with E-state index in [0.717, 1.165) is 21.3 Å². The first-order chi connectivity index (χ1) is 18.1. The maximum absolute atomic E-state index is 15.4. The Balaban J connectivity index is 1.68. The van der Waals surface area contributed by atoms with Gasteiger partial charge in [-0.3, -0.25) is 4.90 Å². The number of benzene rings is 1. The molecule has 36 heavy (non-hydrogen) atoms. The van der Waals surface area contributed by atoms with E-state index in [-0.39, 0.29) is 34.5 Å². The number of hydrogen-bond acceptors (Lipinski definition) is 6. The minimum Gasteiger partial charge on any atom is -0.479 e. The van der Waals surface area contributed by atoms with Crippen molar-refractivity contribution in [2.75, 3.05) is 32.5 Å². The second-order valence-corrected chi connectivity index (χ2v) is 8.63. The van der Waals surface area contributed by atoms with Gasteiger partial charge >= 0.3 is 0 Å². The lowest BCUT2D eigenvalue weighted by atomic mass is 10.1. The third-order valence-electron chi connectivity index (χ3n) is 6.05. The summed E-state index contributed by atoms with van der Waals surface area (Å²) in [5.41, 5.74) is -1.18. The molecule has 1 aromatic carbocycles. The Labute approximate surface area is 204 Å². The van der Waals surface area contributed by atoms with Crippen LogP contribution in [0.4, 0.5) is 32.3 Å². The Kier molecular flexibility index (Phi) is 4.89. The lowest BCUT2D eigenvalue weighted by Crippen LogP contribution is -2.38. The Morgan fingerprint density at radius 1 is 1.25 bits per heavy atom. The van der Waals surface area contributed by atoms with Gasteiger partial charge in [-0.15, -0.1) is 5.10 Å². The summed E-state index contributed by atoms with van der Waals surface area (Å²) in [4.78, 5) is 9.28. The van der Waals surface area contributed by atoms with Gasteiger partial charge in [0.1, 0.15) is 22.9 Å². The third-order valence-corrected chi connectivity index (χ3v) is 6.05. The van der Waals surface area contributed by atoms with Gasteiger partial charge in [-0.1, -0.05) is 0 Å². The van der Waals surface area contributed by atoms with E-state index in [1.165, 1.54) is 24.9 Å². The van der Waals surface area contributed by atoms with Crippen LogP contribution in [-0.4, -0.2) is 74.6 Å². The normalized spacial score (nSPS) is 19.7. The lowest BCUT2D eigenvalue weighted by molar-refractivity contribution is 0.00582. The SMILES string of the molecule is [2H]C([2H])([2H])Oc1nc(N[C@@H]2CN(C)CC2(F)F)nn2cc(F)c(-c3cc(F)c4nc(C)n(CC(F)F)c4c3)c12. The summed E-state index contributed by atoms with van der Waals surface area (Å²) in [7, 11) is -1.61. The summed E-state index contributed by atoms with van der Waals surface area (Å²) in [6, 6.07) is 0.690. The molecule has 4 heterocycles. The van der Waals surface area contributed by atoms with Crippen LogP contribution in [0.1, 0.15) is 9.94 Å². The quantitative estimate of drug-likeness (QED) is 0.391. The van der Waals surface area contributed by atoms with E-state index in [0.29, 0.717) is 0 Å². The van der Waals surface area contributed by atoms with Crippen LogP contribution >= 0.6 is 0 Å².